The number of hydrogen-bond donors (Lipinski definition) is 1. The zero-order valence-corrected chi connectivity index (χ0v) is 17.3. The summed E-state index contributed by atoms with van der Waals surface area (Å²) in [5, 5.41) is 23.0. The van der Waals surface area contributed by atoms with Crippen LogP contribution in [-0.4, -0.2) is 29.9 Å². The molecule has 2 atom stereocenters. The molecule has 2 unspecified atom stereocenters. The SMILES string of the molecule is CCOC(=O)OC1=C(C)NC(C)=C(OC(=O)OC(C)C#N)C1c1cccc([N+](=O)[O-])c1. The number of nitrogens with one attached hydrogen (secondary N) is 1. The van der Waals surface area contributed by atoms with Crippen LogP contribution >= 0.6 is 0 Å². The van der Waals surface area contributed by atoms with Gasteiger partial charge in [0.25, 0.3) is 5.69 Å². The van der Waals surface area contributed by atoms with Gasteiger partial charge in [-0.2, -0.15) is 5.26 Å². The lowest BCUT2D eigenvalue weighted by molar-refractivity contribution is -0.384. The number of hydrogen-bond acceptors (Lipinski definition) is 10. The Hall–Kier alpha value is -4.07. The molecule has 2 rings (SSSR count). The molecule has 1 heterocycles. The van der Waals surface area contributed by atoms with Crippen molar-refractivity contribution in [3.05, 3.63) is 62.9 Å². The van der Waals surface area contributed by atoms with Crippen LogP contribution in [0.3, 0.4) is 0 Å². The summed E-state index contributed by atoms with van der Waals surface area (Å²) in [6.07, 6.45) is -3.21. The van der Waals surface area contributed by atoms with Gasteiger partial charge in [0.1, 0.15) is 23.5 Å². The summed E-state index contributed by atoms with van der Waals surface area (Å²) < 4.78 is 20.3. The molecule has 164 valence electrons. The quantitative estimate of drug-likeness (QED) is 0.398. The van der Waals surface area contributed by atoms with Crippen LogP contribution in [0.15, 0.2) is 47.2 Å². The lowest BCUT2D eigenvalue weighted by Crippen LogP contribution is -2.29. The van der Waals surface area contributed by atoms with Gasteiger partial charge in [-0.05, 0) is 33.3 Å². The predicted octanol–water partition coefficient (Wildman–Crippen LogP) is 3.98. The largest absolute Gasteiger partial charge is 0.514 e. The zero-order chi connectivity index (χ0) is 23.1. The number of nitrogens with zero attached hydrogens (tertiary/aromatic N) is 2. The van der Waals surface area contributed by atoms with E-state index in [2.05, 4.69) is 5.32 Å². The molecular weight excluding hydrogens is 410 g/mol. The van der Waals surface area contributed by atoms with E-state index in [-0.39, 0.29) is 23.8 Å². The van der Waals surface area contributed by atoms with E-state index in [0.29, 0.717) is 17.0 Å². The summed E-state index contributed by atoms with van der Waals surface area (Å²) >= 11 is 0. The highest BCUT2D eigenvalue weighted by atomic mass is 16.7. The third kappa shape index (κ3) is 5.72. The average molecular weight is 431 g/mol. The van der Waals surface area contributed by atoms with Crippen molar-refractivity contribution in [2.45, 2.75) is 39.7 Å². The summed E-state index contributed by atoms with van der Waals surface area (Å²) in [4.78, 5) is 34.9. The van der Waals surface area contributed by atoms with E-state index in [0.717, 1.165) is 0 Å². The van der Waals surface area contributed by atoms with Crippen LogP contribution in [0.1, 0.15) is 39.2 Å². The fourth-order valence-electron chi connectivity index (χ4n) is 2.87. The summed E-state index contributed by atoms with van der Waals surface area (Å²) in [6.45, 7) is 6.25. The Morgan fingerprint density at radius 3 is 2.39 bits per heavy atom. The lowest BCUT2D eigenvalue weighted by atomic mass is 9.90. The highest BCUT2D eigenvalue weighted by Crippen LogP contribution is 2.40. The summed E-state index contributed by atoms with van der Waals surface area (Å²) in [7, 11) is 0. The zero-order valence-electron chi connectivity index (χ0n) is 17.3. The Bertz CT molecular complexity index is 992. The molecule has 0 amide bonds. The van der Waals surface area contributed by atoms with Crippen LogP contribution in [-0.2, 0) is 18.9 Å². The molecule has 0 aromatic heterocycles. The van der Waals surface area contributed by atoms with Crippen molar-refractivity contribution in [3.63, 3.8) is 0 Å². The second kappa shape index (κ2) is 10.1. The standard InChI is InChI=1S/C20H21N3O8/c1-5-28-19(24)30-17-12(3)22-13(4)18(31-20(25)29-11(2)10-21)16(17)14-7-6-8-15(9-14)23(26)27/h6-9,11,16,22H,5H2,1-4H3. The molecule has 1 aromatic carbocycles. The summed E-state index contributed by atoms with van der Waals surface area (Å²) in [6, 6.07) is 7.33. The molecule has 0 radical (unpaired) electrons. The van der Waals surface area contributed by atoms with Gasteiger partial charge < -0.3 is 24.3 Å². The lowest BCUT2D eigenvalue weighted by Gasteiger charge is -2.30. The van der Waals surface area contributed by atoms with Crippen LogP contribution in [0.25, 0.3) is 0 Å². The molecule has 0 aliphatic carbocycles. The fraction of sp³-hybridized carbons (Fsp3) is 0.350. The predicted molar refractivity (Wildman–Crippen MR) is 105 cm³/mol. The fourth-order valence-corrected chi connectivity index (χ4v) is 2.87. The van der Waals surface area contributed by atoms with E-state index in [1.54, 1.807) is 32.9 Å². The highest BCUT2D eigenvalue weighted by molar-refractivity contribution is 5.65. The van der Waals surface area contributed by atoms with Gasteiger partial charge >= 0.3 is 12.3 Å². The van der Waals surface area contributed by atoms with Crippen LogP contribution in [0, 0.1) is 21.4 Å². The Morgan fingerprint density at radius 1 is 1.23 bits per heavy atom. The van der Waals surface area contributed by atoms with Crippen molar-refractivity contribution in [2.75, 3.05) is 6.61 Å². The van der Waals surface area contributed by atoms with E-state index < -0.39 is 29.3 Å². The second-order valence-electron chi connectivity index (χ2n) is 6.41. The average Bonchev–Trinajstić information content (AvgIpc) is 2.71. The number of ether oxygens (including phenoxy) is 4. The number of dihydropyridines is 1. The minimum absolute atomic E-state index is 0.0134. The van der Waals surface area contributed by atoms with Gasteiger partial charge in [-0.3, -0.25) is 10.1 Å². The molecule has 11 heteroatoms. The monoisotopic (exact) mass is 431 g/mol. The molecule has 0 fully saturated rings. The number of nitriles is 1. The van der Waals surface area contributed by atoms with Crippen LogP contribution < -0.4 is 5.32 Å². The van der Waals surface area contributed by atoms with Crippen LogP contribution in [0.5, 0.6) is 0 Å². The summed E-state index contributed by atoms with van der Waals surface area (Å²) in [5.41, 5.74) is 0.909. The normalized spacial score (nSPS) is 16.5. The molecule has 1 aliphatic rings. The van der Waals surface area contributed by atoms with Gasteiger partial charge in [0.05, 0.1) is 22.9 Å². The Labute approximate surface area is 178 Å². The van der Waals surface area contributed by atoms with Gasteiger partial charge in [-0.1, -0.05) is 12.1 Å². The highest BCUT2D eigenvalue weighted by Gasteiger charge is 2.36. The molecule has 0 bridgehead atoms. The number of nitro groups is 1. The molecular formula is C20H21N3O8. The molecule has 1 aromatic rings. The van der Waals surface area contributed by atoms with Crippen molar-refractivity contribution < 1.29 is 33.5 Å². The van der Waals surface area contributed by atoms with Gasteiger partial charge in [-0.15, -0.1) is 0 Å². The van der Waals surface area contributed by atoms with E-state index in [1.165, 1.54) is 25.1 Å². The Morgan fingerprint density at radius 2 is 1.84 bits per heavy atom. The first kappa shape index (κ1) is 23.2. The molecule has 11 nitrogen and oxygen atoms in total. The molecule has 1 N–H and O–H groups in total. The molecule has 31 heavy (non-hydrogen) atoms. The number of carbonyl (C=O) groups is 2. The van der Waals surface area contributed by atoms with E-state index in [1.807, 2.05) is 0 Å². The third-order valence-electron chi connectivity index (χ3n) is 4.16. The topological polar surface area (TPSA) is 150 Å². The van der Waals surface area contributed by atoms with E-state index in [9.17, 15) is 19.7 Å². The first-order valence-electron chi connectivity index (χ1n) is 9.23. The van der Waals surface area contributed by atoms with Crippen molar-refractivity contribution in [1.29, 1.82) is 5.26 Å². The number of allylic oxidation sites excluding steroid dienone is 2. The molecule has 0 saturated carbocycles. The maximum absolute atomic E-state index is 12.2. The number of rotatable bonds is 6. The Balaban J connectivity index is 2.53. The number of carbonyl (C=O) groups excluding carboxylic acids is 2. The van der Waals surface area contributed by atoms with Crippen molar-refractivity contribution >= 4 is 18.0 Å². The van der Waals surface area contributed by atoms with Crippen LogP contribution in [0.2, 0.25) is 0 Å². The second-order valence-corrected chi connectivity index (χ2v) is 6.41. The number of non-ortho nitro benzene ring substituents is 1. The third-order valence-corrected chi connectivity index (χ3v) is 4.16. The van der Waals surface area contributed by atoms with E-state index in [4.69, 9.17) is 24.2 Å². The minimum atomic E-state index is -1.16. The smallest absolute Gasteiger partial charge is 0.434 e. The maximum Gasteiger partial charge on any atom is 0.514 e. The summed E-state index contributed by atoms with van der Waals surface area (Å²) in [5.74, 6) is -0.989. The van der Waals surface area contributed by atoms with Crippen molar-refractivity contribution in [2.24, 2.45) is 0 Å². The maximum atomic E-state index is 12.2. The first-order chi connectivity index (χ1) is 14.7. The van der Waals surface area contributed by atoms with Gasteiger partial charge in [-0.25, -0.2) is 9.59 Å². The number of benzene rings is 1. The number of nitro benzene ring substituents is 1. The van der Waals surface area contributed by atoms with Gasteiger partial charge in [0.15, 0.2) is 6.10 Å². The molecule has 1 aliphatic heterocycles. The van der Waals surface area contributed by atoms with Gasteiger partial charge in [0.2, 0.25) is 0 Å². The van der Waals surface area contributed by atoms with Gasteiger partial charge in [0, 0.05) is 12.1 Å². The van der Waals surface area contributed by atoms with E-state index >= 15 is 0 Å². The van der Waals surface area contributed by atoms with Crippen molar-refractivity contribution in [3.8, 4) is 6.07 Å². The van der Waals surface area contributed by atoms with Crippen LogP contribution in [0.4, 0.5) is 15.3 Å². The minimum Gasteiger partial charge on any atom is -0.434 e. The molecule has 0 saturated heterocycles. The first-order valence-corrected chi connectivity index (χ1v) is 9.23. The molecule has 0 spiro atoms. The van der Waals surface area contributed by atoms with Crippen molar-refractivity contribution in [1.82, 2.24) is 5.32 Å². The Kier molecular flexibility index (Phi) is 7.57.